The Labute approximate surface area is 171 Å². The Balaban J connectivity index is 1.78. The molecule has 2 aromatic rings. The van der Waals surface area contributed by atoms with Gasteiger partial charge in [0.1, 0.15) is 5.82 Å². The highest BCUT2D eigenvalue weighted by Gasteiger charge is 2.24. The van der Waals surface area contributed by atoms with Gasteiger partial charge in [-0.05, 0) is 60.6 Å². The number of hydrogen-bond acceptors (Lipinski definition) is 4. The molecule has 0 radical (unpaired) electrons. The van der Waals surface area contributed by atoms with Crippen LogP contribution in [0.15, 0.2) is 40.9 Å². The van der Waals surface area contributed by atoms with Gasteiger partial charge in [0.05, 0.1) is 5.69 Å². The van der Waals surface area contributed by atoms with E-state index < -0.39 is 0 Å². The molecule has 1 fully saturated rings. The highest BCUT2D eigenvalue weighted by Crippen LogP contribution is 2.33. The molecule has 3 rings (SSSR count). The number of likely N-dealkylation sites (tertiary alicyclic amines) is 1. The smallest absolute Gasteiger partial charge is 0.146 e. The van der Waals surface area contributed by atoms with E-state index in [1.54, 1.807) is 0 Å². The van der Waals surface area contributed by atoms with Gasteiger partial charge in [-0.15, -0.1) is 5.10 Å². The molecule has 0 spiro atoms. The molecule has 0 atom stereocenters. The van der Waals surface area contributed by atoms with Crippen LogP contribution in [0.1, 0.15) is 56.4 Å². The first kappa shape index (κ1) is 19.9. The van der Waals surface area contributed by atoms with Crippen LogP contribution in [0.3, 0.4) is 0 Å². The molecule has 0 unspecified atom stereocenters. The van der Waals surface area contributed by atoms with E-state index in [9.17, 15) is 0 Å². The van der Waals surface area contributed by atoms with Gasteiger partial charge >= 0.3 is 0 Å². The summed E-state index contributed by atoms with van der Waals surface area (Å²) in [5.74, 6) is 1.46. The van der Waals surface area contributed by atoms with Crippen molar-refractivity contribution in [2.75, 3.05) is 18.8 Å². The molecular weight excluding hydrogens is 400 g/mol. The predicted molar refractivity (Wildman–Crippen MR) is 116 cm³/mol. The second kappa shape index (κ2) is 8.87. The van der Waals surface area contributed by atoms with E-state index in [-0.39, 0.29) is 0 Å². The summed E-state index contributed by atoms with van der Waals surface area (Å²) in [5, 5.41) is 8.32. The molecule has 27 heavy (non-hydrogen) atoms. The minimum atomic E-state index is 0.464. The number of aryl methyl sites for hydroxylation is 1. The summed E-state index contributed by atoms with van der Waals surface area (Å²) in [5.41, 5.74) is 10.8. The van der Waals surface area contributed by atoms with E-state index in [2.05, 4.69) is 76.1 Å². The lowest BCUT2D eigenvalue weighted by atomic mass is 9.92. The Hall–Kier alpha value is -1.88. The van der Waals surface area contributed by atoms with Crippen LogP contribution in [0.4, 0.5) is 5.82 Å². The summed E-state index contributed by atoms with van der Waals surface area (Å²) in [4.78, 5) is 2.53. The summed E-state index contributed by atoms with van der Waals surface area (Å²) in [6.45, 7) is 8.76. The average Bonchev–Trinajstić information content (AvgIpc) is 2.67. The quantitative estimate of drug-likeness (QED) is 0.705. The molecular formula is C22H29BrN4. The number of hydrogen-bond donors (Lipinski definition) is 1. The third-order valence-corrected chi connectivity index (χ3v) is 5.95. The van der Waals surface area contributed by atoms with Crippen molar-refractivity contribution in [3.05, 3.63) is 57.7 Å². The number of piperidine rings is 1. The monoisotopic (exact) mass is 428 g/mol. The zero-order valence-electron chi connectivity index (χ0n) is 16.5. The molecule has 1 aromatic heterocycles. The van der Waals surface area contributed by atoms with Gasteiger partial charge < -0.3 is 10.6 Å². The second-order valence-electron chi connectivity index (χ2n) is 7.60. The lowest BCUT2D eigenvalue weighted by Gasteiger charge is -2.35. The highest BCUT2D eigenvalue weighted by atomic mass is 79.9. The lowest BCUT2D eigenvalue weighted by molar-refractivity contribution is 0.294. The van der Waals surface area contributed by atoms with Crippen LogP contribution in [0.2, 0.25) is 0 Å². The van der Waals surface area contributed by atoms with Crippen LogP contribution >= 0.6 is 15.9 Å². The summed E-state index contributed by atoms with van der Waals surface area (Å²) >= 11 is 3.67. The van der Waals surface area contributed by atoms with Gasteiger partial charge in [-0.3, -0.25) is 0 Å². The van der Waals surface area contributed by atoms with Crippen molar-refractivity contribution in [2.24, 2.45) is 5.92 Å². The summed E-state index contributed by atoms with van der Waals surface area (Å²) in [6, 6.07) is 10.6. The van der Waals surface area contributed by atoms with E-state index in [0.717, 1.165) is 38.0 Å². The molecule has 0 aliphatic carbocycles. The van der Waals surface area contributed by atoms with E-state index in [1.165, 1.54) is 21.3 Å². The van der Waals surface area contributed by atoms with Crippen molar-refractivity contribution in [1.82, 2.24) is 15.1 Å². The van der Waals surface area contributed by atoms with Gasteiger partial charge in [0, 0.05) is 29.2 Å². The average molecular weight is 429 g/mol. The number of anilines is 1. The summed E-state index contributed by atoms with van der Waals surface area (Å²) < 4.78 is 1.19. The van der Waals surface area contributed by atoms with Crippen molar-refractivity contribution < 1.29 is 0 Å². The van der Waals surface area contributed by atoms with Crippen molar-refractivity contribution in [3.63, 3.8) is 0 Å². The molecule has 1 aliphatic heterocycles. The minimum absolute atomic E-state index is 0.464. The fourth-order valence-corrected chi connectivity index (χ4v) is 4.22. The van der Waals surface area contributed by atoms with Crippen molar-refractivity contribution in [1.29, 1.82) is 0 Å². The zero-order valence-corrected chi connectivity index (χ0v) is 18.0. The maximum Gasteiger partial charge on any atom is 0.146 e. The maximum atomic E-state index is 5.67. The largest absolute Gasteiger partial charge is 0.382 e. The van der Waals surface area contributed by atoms with Gasteiger partial charge in [-0.1, -0.05) is 48.8 Å². The number of allylic oxidation sites excluding steroid dienone is 1. The van der Waals surface area contributed by atoms with Crippen LogP contribution in [-0.4, -0.2) is 28.2 Å². The lowest BCUT2D eigenvalue weighted by Crippen LogP contribution is -2.32. The molecule has 1 saturated heterocycles. The number of benzene rings is 1. The van der Waals surface area contributed by atoms with Crippen molar-refractivity contribution >= 4 is 27.4 Å². The minimum Gasteiger partial charge on any atom is -0.382 e. The fraction of sp³-hybridized carbons (Fsp3) is 0.455. The number of nitrogen functional groups attached to an aromatic ring is 1. The Kier molecular flexibility index (Phi) is 6.53. The third-order valence-electron chi connectivity index (χ3n) is 5.17. The molecule has 0 amide bonds. The first-order valence-corrected chi connectivity index (χ1v) is 10.6. The number of rotatable bonds is 5. The number of nitrogens with two attached hydrogens (primary N) is 1. The maximum absolute atomic E-state index is 5.67. The van der Waals surface area contributed by atoms with Gasteiger partial charge in [0.15, 0.2) is 0 Å². The van der Waals surface area contributed by atoms with Gasteiger partial charge in [0.2, 0.25) is 0 Å². The molecule has 1 aromatic carbocycles. The van der Waals surface area contributed by atoms with Gasteiger partial charge in [0.25, 0.3) is 0 Å². The van der Waals surface area contributed by atoms with Gasteiger partial charge in [-0.25, -0.2) is 0 Å². The molecule has 2 N–H and O–H groups in total. The molecule has 2 heterocycles. The first-order valence-electron chi connectivity index (χ1n) is 9.82. The van der Waals surface area contributed by atoms with Crippen molar-refractivity contribution in [2.45, 2.75) is 46.0 Å². The van der Waals surface area contributed by atoms with E-state index in [4.69, 9.17) is 5.73 Å². The second-order valence-corrected chi connectivity index (χ2v) is 8.45. The van der Waals surface area contributed by atoms with Crippen LogP contribution in [0.5, 0.6) is 0 Å². The Morgan fingerprint density at radius 1 is 1.22 bits per heavy atom. The Bertz CT molecular complexity index is 790. The highest BCUT2D eigenvalue weighted by molar-refractivity contribution is 9.10. The summed E-state index contributed by atoms with van der Waals surface area (Å²) in [7, 11) is 0. The van der Waals surface area contributed by atoms with Gasteiger partial charge in [-0.2, -0.15) is 5.10 Å². The number of aromatic nitrogens is 2. The predicted octanol–water partition coefficient (Wildman–Crippen LogP) is 5.26. The van der Waals surface area contributed by atoms with E-state index in [1.807, 2.05) is 12.1 Å². The third kappa shape index (κ3) is 4.89. The normalized spacial score (nSPS) is 16.2. The van der Waals surface area contributed by atoms with Crippen LogP contribution in [0.25, 0.3) is 5.70 Å². The molecule has 0 saturated carbocycles. The van der Waals surface area contributed by atoms with E-state index in [0.29, 0.717) is 17.7 Å². The number of halogens is 1. The zero-order chi connectivity index (χ0) is 19.4. The molecule has 144 valence electrons. The van der Waals surface area contributed by atoms with E-state index >= 15 is 0 Å². The van der Waals surface area contributed by atoms with Crippen molar-refractivity contribution in [3.8, 4) is 0 Å². The summed E-state index contributed by atoms with van der Waals surface area (Å²) in [6.07, 6.45) is 5.60. The standard InChI is InChI=1S/C22H29BrN4/c1-4-16-14-18(5-6-19(16)23)21(13-15(2)3)27-11-9-17(10-12-27)20-7-8-22(24)26-25-20/h5-8,13-15,17H,4,9-12H2,1-3H3,(H2,24,26)/b21-13+. The molecule has 0 bridgehead atoms. The molecule has 5 heteroatoms. The molecule has 1 aliphatic rings. The number of nitrogens with zero attached hydrogens (tertiary/aromatic N) is 3. The Morgan fingerprint density at radius 3 is 2.56 bits per heavy atom. The van der Waals surface area contributed by atoms with Crippen LogP contribution in [0, 0.1) is 5.92 Å². The van der Waals surface area contributed by atoms with Crippen LogP contribution < -0.4 is 5.73 Å². The molecule has 4 nitrogen and oxygen atoms in total. The first-order chi connectivity index (χ1) is 13.0. The van der Waals surface area contributed by atoms with Crippen LogP contribution in [-0.2, 0) is 6.42 Å². The SMILES string of the molecule is CCc1cc(/C(=C\C(C)C)N2CCC(c3ccc(N)nn3)CC2)ccc1Br. The Morgan fingerprint density at radius 2 is 1.96 bits per heavy atom. The topological polar surface area (TPSA) is 55.0 Å². The fourth-order valence-electron chi connectivity index (χ4n) is 3.69.